The van der Waals surface area contributed by atoms with Crippen LogP contribution in [0.15, 0.2) is 0 Å². The monoisotopic (exact) mass is 188 g/mol. The Hall–Kier alpha value is -0.900. The molecule has 0 rings (SSSR count). The summed E-state index contributed by atoms with van der Waals surface area (Å²) in [5.74, 6) is -1.54. The van der Waals surface area contributed by atoms with Gasteiger partial charge < -0.3 is 9.84 Å². The van der Waals surface area contributed by atoms with Gasteiger partial charge in [0, 0.05) is 6.42 Å². The van der Waals surface area contributed by atoms with Crippen LogP contribution in [0, 0.1) is 5.92 Å². The second-order valence-electron chi connectivity index (χ2n) is 2.81. The molecule has 76 valence electrons. The Morgan fingerprint density at radius 2 is 1.92 bits per heavy atom. The number of ether oxygens (including phenoxy) is 1. The van der Waals surface area contributed by atoms with Crippen LogP contribution < -0.4 is 0 Å². The Morgan fingerprint density at radius 3 is 2.31 bits per heavy atom. The Morgan fingerprint density at radius 1 is 1.38 bits per heavy atom. The van der Waals surface area contributed by atoms with Gasteiger partial charge in [-0.2, -0.15) is 0 Å². The number of hydrogen-bond donors (Lipinski definition) is 1. The molecule has 0 aliphatic carbocycles. The van der Waals surface area contributed by atoms with Crippen molar-refractivity contribution in [3.8, 4) is 0 Å². The third kappa shape index (κ3) is 3.55. The largest absolute Gasteiger partial charge is 0.464 e. The first kappa shape index (κ1) is 12.1. The third-order valence-corrected chi connectivity index (χ3v) is 1.86. The molecule has 0 aromatic carbocycles. The second kappa shape index (κ2) is 5.70. The zero-order valence-electron chi connectivity index (χ0n) is 8.24. The van der Waals surface area contributed by atoms with Crippen LogP contribution in [0.5, 0.6) is 0 Å². The summed E-state index contributed by atoms with van der Waals surface area (Å²) in [4.78, 5) is 22.1. The predicted octanol–water partition coefficient (Wildman–Crippen LogP) is 0.526. The zero-order chi connectivity index (χ0) is 10.4. The maximum Gasteiger partial charge on any atom is 0.335 e. The van der Waals surface area contributed by atoms with Gasteiger partial charge in [-0.15, -0.1) is 0 Å². The van der Waals surface area contributed by atoms with Gasteiger partial charge >= 0.3 is 5.97 Å². The topological polar surface area (TPSA) is 63.6 Å². The Labute approximate surface area is 77.9 Å². The molecule has 0 aromatic rings. The minimum absolute atomic E-state index is 0.138. The highest BCUT2D eigenvalue weighted by molar-refractivity contribution is 5.87. The fourth-order valence-corrected chi connectivity index (χ4v) is 0.930. The van der Waals surface area contributed by atoms with Crippen molar-refractivity contribution in [2.45, 2.75) is 33.3 Å². The number of aliphatic hydroxyl groups is 1. The Bertz CT molecular complexity index is 188. The van der Waals surface area contributed by atoms with E-state index in [9.17, 15) is 14.7 Å². The number of Topliss-reactive ketones (excluding diaryl/α,β-unsaturated/α-hetero) is 1. The minimum Gasteiger partial charge on any atom is -0.464 e. The molecule has 0 fully saturated rings. The molecule has 0 aromatic heterocycles. The predicted molar refractivity (Wildman–Crippen MR) is 47.1 cm³/mol. The summed E-state index contributed by atoms with van der Waals surface area (Å²) in [6, 6.07) is 0. The zero-order valence-corrected chi connectivity index (χ0v) is 8.24. The first-order valence-corrected chi connectivity index (χ1v) is 4.42. The van der Waals surface area contributed by atoms with Crippen molar-refractivity contribution >= 4 is 11.8 Å². The van der Waals surface area contributed by atoms with Crippen LogP contribution >= 0.6 is 0 Å². The lowest BCUT2D eigenvalue weighted by Gasteiger charge is -2.15. The Kier molecular flexibility index (Phi) is 5.30. The molecule has 0 heterocycles. The first-order chi connectivity index (χ1) is 6.04. The highest BCUT2D eigenvalue weighted by Crippen LogP contribution is 2.08. The van der Waals surface area contributed by atoms with E-state index in [1.807, 2.05) is 0 Å². The summed E-state index contributed by atoms with van der Waals surface area (Å²) in [6.45, 7) is 5.07. The standard InChI is InChI=1S/C9H16O4/c1-4-7(10)6(3)8(11)9(12)13-5-2/h6,8,11H,4-5H2,1-3H3/t6?,8-/m0/s1. The molecule has 0 saturated carbocycles. The summed E-state index contributed by atoms with van der Waals surface area (Å²) >= 11 is 0. The van der Waals surface area contributed by atoms with E-state index >= 15 is 0 Å². The molecule has 0 aliphatic rings. The van der Waals surface area contributed by atoms with Gasteiger partial charge in [0.05, 0.1) is 12.5 Å². The number of hydrogen-bond acceptors (Lipinski definition) is 4. The molecular formula is C9H16O4. The molecule has 13 heavy (non-hydrogen) atoms. The molecule has 0 aliphatic heterocycles. The molecule has 0 saturated heterocycles. The quantitative estimate of drug-likeness (QED) is 0.639. The van der Waals surface area contributed by atoms with Gasteiger partial charge in [-0.05, 0) is 6.92 Å². The third-order valence-electron chi connectivity index (χ3n) is 1.86. The maximum absolute atomic E-state index is 11.1. The Balaban J connectivity index is 4.16. The van der Waals surface area contributed by atoms with Crippen LogP contribution in [0.2, 0.25) is 0 Å². The fraction of sp³-hybridized carbons (Fsp3) is 0.778. The van der Waals surface area contributed by atoms with E-state index in [2.05, 4.69) is 4.74 Å². The van der Waals surface area contributed by atoms with Crippen molar-refractivity contribution in [2.75, 3.05) is 6.61 Å². The van der Waals surface area contributed by atoms with Crippen LogP contribution in [0.1, 0.15) is 27.2 Å². The molecule has 1 N–H and O–H groups in total. The van der Waals surface area contributed by atoms with Crippen molar-refractivity contribution in [3.63, 3.8) is 0 Å². The molecule has 0 spiro atoms. The van der Waals surface area contributed by atoms with Gasteiger partial charge in [-0.1, -0.05) is 13.8 Å². The number of ketones is 1. The van der Waals surface area contributed by atoms with E-state index in [1.54, 1.807) is 13.8 Å². The average molecular weight is 188 g/mol. The van der Waals surface area contributed by atoms with Gasteiger partial charge in [-0.25, -0.2) is 4.79 Å². The van der Waals surface area contributed by atoms with Crippen LogP contribution in [0.25, 0.3) is 0 Å². The van der Waals surface area contributed by atoms with Crippen LogP contribution in [-0.2, 0) is 14.3 Å². The lowest BCUT2D eigenvalue weighted by Crippen LogP contribution is -2.34. The highest BCUT2D eigenvalue weighted by atomic mass is 16.5. The molecule has 0 radical (unpaired) electrons. The number of carbonyl (C=O) groups is 2. The van der Waals surface area contributed by atoms with Gasteiger partial charge in [-0.3, -0.25) is 4.79 Å². The van der Waals surface area contributed by atoms with E-state index in [1.165, 1.54) is 6.92 Å². The number of esters is 1. The normalized spacial score (nSPS) is 14.8. The van der Waals surface area contributed by atoms with Crippen molar-refractivity contribution in [1.82, 2.24) is 0 Å². The van der Waals surface area contributed by atoms with Crippen molar-refractivity contribution in [2.24, 2.45) is 5.92 Å². The SMILES string of the molecule is CCOC(=O)[C@@H](O)C(C)C(=O)CC. The minimum atomic E-state index is -1.33. The maximum atomic E-state index is 11.1. The molecule has 1 unspecified atom stereocenters. The van der Waals surface area contributed by atoms with Gasteiger partial charge in [0.15, 0.2) is 6.10 Å². The molecule has 0 bridgehead atoms. The lowest BCUT2D eigenvalue weighted by atomic mass is 9.98. The van der Waals surface area contributed by atoms with Crippen molar-refractivity contribution in [1.29, 1.82) is 0 Å². The van der Waals surface area contributed by atoms with Gasteiger partial charge in [0.25, 0.3) is 0 Å². The molecule has 0 amide bonds. The van der Waals surface area contributed by atoms with Crippen LogP contribution in [0.4, 0.5) is 0 Å². The van der Waals surface area contributed by atoms with Gasteiger partial charge in [0.1, 0.15) is 5.78 Å². The van der Waals surface area contributed by atoms with E-state index in [0.29, 0.717) is 6.42 Å². The molecule has 4 nitrogen and oxygen atoms in total. The van der Waals surface area contributed by atoms with E-state index < -0.39 is 18.0 Å². The summed E-state index contributed by atoms with van der Waals surface area (Å²) in [6.07, 6.45) is -1.01. The van der Waals surface area contributed by atoms with Crippen molar-refractivity contribution < 1.29 is 19.4 Å². The van der Waals surface area contributed by atoms with E-state index in [-0.39, 0.29) is 12.4 Å². The summed E-state index contributed by atoms with van der Waals surface area (Å²) < 4.78 is 4.58. The fourth-order valence-electron chi connectivity index (χ4n) is 0.930. The number of carbonyl (C=O) groups excluding carboxylic acids is 2. The average Bonchev–Trinajstić information content (AvgIpc) is 2.14. The number of rotatable bonds is 5. The second-order valence-corrected chi connectivity index (χ2v) is 2.81. The highest BCUT2D eigenvalue weighted by Gasteiger charge is 2.27. The molecule has 2 atom stereocenters. The van der Waals surface area contributed by atoms with E-state index in [4.69, 9.17) is 0 Å². The van der Waals surface area contributed by atoms with Crippen molar-refractivity contribution in [3.05, 3.63) is 0 Å². The summed E-state index contributed by atoms with van der Waals surface area (Å²) in [5, 5.41) is 9.32. The van der Waals surface area contributed by atoms with Crippen LogP contribution in [0.3, 0.4) is 0 Å². The summed E-state index contributed by atoms with van der Waals surface area (Å²) in [7, 11) is 0. The lowest BCUT2D eigenvalue weighted by molar-refractivity contribution is -0.158. The smallest absolute Gasteiger partial charge is 0.335 e. The molecular weight excluding hydrogens is 172 g/mol. The first-order valence-electron chi connectivity index (χ1n) is 4.42. The van der Waals surface area contributed by atoms with Gasteiger partial charge in [0.2, 0.25) is 0 Å². The van der Waals surface area contributed by atoms with E-state index in [0.717, 1.165) is 0 Å². The molecule has 4 heteroatoms. The number of aliphatic hydroxyl groups excluding tert-OH is 1. The van der Waals surface area contributed by atoms with Crippen LogP contribution in [-0.4, -0.2) is 29.6 Å². The summed E-state index contributed by atoms with van der Waals surface area (Å²) in [5.41, 5.74) is 0.